The van der Waals surface area contributed by atoms with Crippen molar-refractivity contribution in [1.82, 2.24) is 9.97 Å². The fraction of sp³-hybridized carbons (Fsp3) is 0.211. The number of aromatic amines is 1. The molecule has 1 N–H and O–H groups in total. The van der Waals surface area contributed by atoms with Crippen LogP contribution in [-0.4, -0.2) is 31.3 Å². The number of benzene rings is 2. The Hall–Kier alpha value is -2.95. The van der Waals surface area contributed by atoms with Gasteiger partial charge in [0.1, 0.15) is 17.0 Å². The lowest BCUT2D eigenvalue weighted by molar-refractivity contribution is 0.396. The standard InChI is InChI=1S/C19H18N2O3/c1-10-7-16(24-4)21-19-15(23-3)9-14-18(17(10)19)12-6-5-11(22-2)8-13(12)20-14/h5-9,20H,1-4H3. The monoisotopic (exact) mass is 322 g/mol. The normalized spacial score (nSPS) is 11.3. The van der Waals surface area contributed by atoms with E-state index < -0.39 is 0 Å². The van der Waals surface area contributed by atoms with Gasteiger partial charge in [-0.15, -0.1) is 0 Å². The molecule has 0 aliphatic heterocycles. The van der Waals surface area contributed by atoms with Gasteiger partial charge in [0.2, 0.25) is 5.88 Å². The van der Waals surface area contributed by atoms with E-state index >= 15 is 0 Å². The fourth-order valence-electron chi connectivity index (χ4n) is 3.30. The summed E-state index contributed by atoms with van der Waals surface area (Å²) in [6, 6.07) is 9.97. The van der Waals surface area contributed by atoms with Gasteiger partial charge < -0.3 is 19.2 Å². The van der Waals surface area contributed by atoms with E-state index in [1.165, 1.54) is 0 Å². The van der Waals surface area contributed by atoms with E-state index in [0.717, 1.165) is 49.8 Å². The number of ether oxygens (including phenoxy) is 3. The van der Waals surface area contributed by atoms with Crippen molar-refractivity contribution in [3.63, 3.8) is 0 Å². The molecule has 2 heterocycles. The summed E-state index contributed by atoms with van der Waals surface area (Å²) in [4.78, 5) is 8.07. The number of fused-ring (bicyclic) bond motifs is 5. The van der Waals surface area contributed by atoms with Crippen LogP contribution < -0.4 is 14.2 Å². The molecule has 0 aliphatic rings. The van der Waals surface area contributed by atoms with Crippen LogP contribution in [0, 0.1) is 6.92 Å². The summed E-state index contributed by atoms with van der Waals surface area (Å²) in [5.41, 5.74) is 3.93. The van der Waals surface area contributed by atoms with Gasteiger partial charge in [0.05, 0.1) is 32.4 Å². The van der Waals surface area contributed by atoms with Gasteiger partial charge in [0, 0.05) is 34.4 Å². The molecule has 0 atom stereocenters. The first-order valence-corrected chi connectivity index (χ1v) is 7.68. The van der Waals surface area contributed by atoms with Gasteiger partial charge in [0.15, 0.2) is 0 Å². The summed E-state index contributed by atoms with van der Waals surface area (Å²) < 4.78 is 16.2. The number of hydrogen-bond donors (Lipinski definition) is 1. The van der Waals surface area contributed by atoms with Gasteiger partial charge >= 0.3 is 0 Å². The van der Waals surface area contributed by atoms with Crippen molar-refractivity contribution in [1.29, 1.82) is 0 Å². The third kappa shape index (κ3) is 1.98. The Kier molecular flexibility index (Phi) is 3.23. The zero-order chi connectivity index (χ0) is 16.8. The topological polar surface area (TPSA) is 56.4 Å². The van der Waals surface area contributed by atoms with Crippen molar-refractivity contribution in [3.8, 4) is 17.4 Å². The van der Waals surface area contributed by atoms with Gasteiger partial charge in [-0.05, 0) is 24.6 Å². The molecule has 0 amide bonds. The zero-order valence-electron chi connectivity index (χ0n) is 14.1. The largest absolute Gasteiger partial charge is 0.497 e. The maximum atomic E-state index is 5.57. The maximum Gasteiger partial charge on any atom is 0.213 e. The van der Waals surface area contributed by atoms with Gasteiger partial charge in [0.25, 0.3) is 0 Å². The van der Waals surface area contributed by atoms with Crippen LogP contribution in [0.15, 0.2) is 30.3 Å². The number of methoxy groups -OCH3 is 3. The van der Waals surface area contributed by atoms with Crippen LogP contribution in [0.5, 0.6) is 17.4 Å². The van der Waals surface area contributed by atoms with Crippen LogP contribution in [0.2, 0.25) is 0 Å². The predicted octanol–water partition coefficient (Wildman–Crippen LogP) is 4.20. The minimum atomic E-state index is 0.583. The fourth-order valence-corrected chi connectivity index (χ4v) is 3.30. The molecule has 5 nitrogen and oxygen atoms in total. The lowest BCUT2D eigenvalue weighted by Crippen LogP contribution is -1.94. The third-order valence-electron chi connectivity index (χ3n) is 4.42. The first-order valence-electron chi connectivity index (χ1n) is 7.68. The number of nitrogens with one attached hydrogen (secondary N) is 1. The molecule has 0 bridgehead atoms. The molecule has 122 valence electrons. The first-order chi connectivity index (χ1) is 11.7. The van der Waals surface area contributed by atoms with Crippen molar-refractivity contribution >= 4 is 32.7 Å². The highest BCUT2D eigenvalue weighted by Gasteiger charge is 2.16. The van der Waals surface area contributed by atoms with Crippen molar-refractivity contribution in [2.75, 3.05) is 21.3 Å². The quantitative estimate of drug-likeness (QED) is 0.614. The van der Waals surface area contributed by atoms with Crippen LogP contribution in [0.4, 0.5) is 0 Å². The summed E-state index contributed by atoms with van der Waals surface area (Å²) in [6.45, 7) is 2.06. The molecule has 0 unspecified atom stereocenters. The van der Waals surface area contributed by atoms with Crippen molar-refractivity contribution in [3.05, 3.63) is 35.9 Å². The molecule has 0 spiro atoms. The molecular formula is C19H18N2O3. The Bertz CT molecular complexity index is 1080. The Labute approximate surface area is 139 Å². The average Bonchev–Trinajstić information content (AvgIpc) is 2.97. The van der Waals surface area contributed by atoms with E-state index in [9.17, 15) is 0 Å². The van der Waals surface area contributed by atoms with Gasteiger partial charge in [-0.3, -0.25) is 0 Å². The van der Waals surface area contributed by atoms with E-state index in [-0.39, 0.29) is 0 Å². The second-order valence-corrected chi connectivity index (χ2v) is 5.74. The molecule has 0 fully saturated rings. The van der Waals surface area contributed by atoms with Crippen LogP contribution in [0.1, 0.15) is 5.56 Å². The SMILES string of the molecule is COc1ccc2c(c1)[nH]c1cc(OC)c3nc(OC)cc(C)c3c12. The highest BCUT2D eigenvalue weighted by molar-refractivity contribution is 6.22. The van der Waals surface area contributed by atoms with Gasteiger partial charge in [-0.25, -0.2) is 4.98 Å². The highest BCUT2D eigenvalue weighted by Crippen LogP contribution is 2.39. The van der Waals surface area contributed by atoms with Crippen LogP contribution >= 0.6 is 0 Å². The molecule has 0 saturated heterocycles. The van der Waals surface area contributed by atoms with Gasteiger partial charge in [-0.2, -0.15) is 0 Å². The van der Waals surface area contributed by atoms with Crippen LogP contribution in [0.25, 0.3) is 32.7 Å². The predicted molar refractivity (Wildman–Crippen MR) is 95.5 cm³/mol. The summed E-state index contributed by atoms with van der Waals surface area (Å²) >= 11 is 0. The van der Waals surface area contributed by atoms with Crippen LogP contribution in [-0.2, 0) is 0 Å². The van der Waals surface area contributed by atoms with Crippen molar-refractivity contribution < 1.29 is 14.2 Å². The van der Waals surface area contributed by atoms with Gasteiger partial charge in [-0.1, -0.05) is 0 Å². The molecule has 0 radical (unpaired) electrons. The highest BCUT2D eigenvalue weighted by atomic mass is 16.5. The van der Waals surface area contributed by atoms with E-state index in [0.29, 0.717) is 5.88 Å². The zero-order valence-corrected chi connectivity index (χ0v) is 14.1. The van der Waals surface area contributed by atoms with E-state index in [4.69, 9.17) is 14.2 Å². The number of aromatic nitrogens is 2. The van der Waals surface area contributed by atoms with E-state index in [2.05, 4.69) is 23.0 Å². The molecule has 4 aromatic rings. The molecule has 2 aromatic carbocycles. The molecule has 0 aliphatic carbocycles. The minimum Gasteiger partial charge on any atom is -0.497 e. The Morgan fingerprint density at radius 1 is 0.875 bits per heavy atom. The number of rotatable bonds is 3. The average molecular weight is 322 g/mol. The molecule has 4 rings (SSSR count). The molecule has 24 heavy (non-hydrogen) atoms. The summed E-state index contributed by atoms with van der Waals surface area (Å²) in [5, 5.41) is 3.34. The minimum absolute atomic E-state index is 0.583. The van der Waals surface area contributed by atoms with Crippen LogP contribution in [0.3, 0.4) is 0 Å². The third-order valence-corrected chi connectivity index (χ3v) is 4.42. The van der Waals surface area contributed by atoms with Crippen molar-refractivity contribution in [2.45, 2.75) is 6.92 Å². The summed E-state index contributed by atoms with van der Waals surface area (Å²) in [7, 11) is 4.95. The number of pyridine rings is 1. The van der Waals surface area contributed by atoms with Crippen molar-refractivity contribution in [2.24, 2.45) is 0 Å². The summed E-state index contributed by atoms with van der Waals surface area (Å²) in [5.74, 6) is 2.12. The molecular weight excluding hydrogens is 304 g/mol. The Balaban J connectivity index is 2.22. The first kappa shape index (κ1) is 14.6. The Morgan fingerprint density at radius 2 is 1.71 bits per heavy atom. The smallest absolute Gasteiger partial charge is 0.213 e. The molecule has 0 saturated carbocycles. The number of H-pyrrole nitrogens is 1. The molecule has 2 aromatic heterocycles. The number of nitrogens with zero attached hydrogens (tertiary/aromatic N) is 1. The number of aryl methyl sites for hydroxylation is 1. The molecule has 5 heteroatoms. The maximum absolute atomic E-state index is 5.57. The van der Waals surface area contributed by atoms with E-state index in [1.54, 1.807) is 21.3 Å². The lowest BCUT2D eigenvalue weighted by Gasteiger charge is -2.11. The van der Waals surface area contributed by atoms with E-state index in [1.807, 2.05) is 24.3 Å². The second kappa shape index (κ2) is 5.30. The summed E-state index contributed by atoms with van der Waals surface area (Å²) in [6.07, 6.45) is 0. The number of hydrogen-bond acceptors (Lipinski definition) is 4. The second-order valence-electron chi connectivity index (χ2n) is 5.74. The Morgan fingerprint density at radius 3 is 2.42 bits per heavy atom. The lowest BCUT2D eigenvalue weighted by atomic mass is 10.0.